The SMILES string of the molecule is C#Cc1cc2n[nH]c(Cc3ccccc3)c2cc1C(=O)N1Cc2ccc(Br)cc2C1. The van der Waals surface area contributed by atoms with Crippen molar-refractivity contribution < 1.29 is 4.79 Å². The van der Waals surface area contributed by atoms with Gasteiger partial charge in [-0.2, -0.15) is 5.10 Å². The van der Waals surface area contributed by atoms with Crippen molar-refractivity contribution in [3.05, 3.63) is 98.6 Å². The molecule has 3 aromatic carbocycles. The number of nitrogens with zero attached hydrogens (tertiary/aromatic N) is 2. The molecule has 0 aliphatic carbocycles. The van der Waals surface area contributed by atoms with Gasteiger partial charge in [-0.1, -0.05) is 58.2 Å². The Balaban J connectivity index is 1.51. The summed E-state index contributed by atoms with van der Waals surface area (Å²) in [5.41, 5.74) is 6.38. The second kappa shape index (κ2) is 7.47. The fourth-order valence-electron chi connectivity index (χ4n) is 4.02. The van der Waals surface area contributed by atoms with Crippen LogP contribution in [-0.2, 0) is 19.5 Å². The first-order valence-corrected chi connectivity index (χ1v) is 10.5. The lowest BCUT2D eigenvalue weighted by Crippen LogP contribution is -2.26. The Morgan fingerprint density at radius 3 is 2.70 bits per heavy atom. The Bertz CT molecular complexity index is 1320. The number of benzene rings is 3. The molecule has 0 bridgehead atoms. The minimum Gasteiger partial charge on any atom is -0.330 e. The van der Waals surface area contributed by atoms with Gasteiger partial charge in [0.15, 0.2) is 0 Å². The van der Waals surface area contributed by atoms with Crippen molar-refractivity contribution in [3.8, 4) is 12.3 Å². The van der Waals surface area contributed by atoms with E-state index in [2.05, 4.69) is 56.3 Å². The van der Waals surface area contributed by atoms with E-state index in [4.69, 9.17) is 6.42 Å². The molecular weight excluding hydrogens is 438 g/mol. The Morgan fingerprint density at radius 2 is 1.90 bits per heavy atom. The number of nitrogens with one attached hydrogen (secondary N) is 1. The molecule has 0 unspecified atom stereocenters. The van der Waals surface area contributed by atoms with Crippen LogP contribution in [0.5, 0.6) is 0 Å². The number of H-pyrrole nitrogens is 1. The van der Waals surface area contributed by atoms with Gasteiger partial charge in [-0.25, -0.2) is 0 Å². The summed E-state index contributed by atoms with van der Waals surface area (Å²) in [7, 11) is 0. The van der Waals surface area contributed by atoms with Gasteiger partial charge in [-0.15, -0.1) is 6.42 Å². The first-order valence-electron chi connectivity index (χ1n) is 9.70. The lowest BCUT2D eigenvalue weighted by atomic mass is 10.0. The third-order valence-electron chi connectivity index (χ3n) is 5.56. The van der Waals surface area contributed by atoms with E-state index in [0.29, 0.717) is 30.6 Å². The second-order valence-electron chi connectivity index (χ2n) is 7.50. The topological polar surface area (TPSA) is 49.0 Å². The monoisotopic (exact) mass is 455 g/mol. The van der Waals surface area contributed by atoms with Crippen LogP contribution in [0.15, 0.2) is 65.1 Å². The maximum absolute atomic E-state index is 13.4. The number of carbonyl (C=O) groups excluding carboxylic acids is 1. The van der Waals surface area contributed by atoms with E-state index in [1.807, 2.05) is 41.3 Å². The molecular formula is C25H18BrN3O. The van der Waals surface area contributed by atoms with Crippen LogP contribution in [0.3, 0.4) is 0 Å². The van der Waals surface area contributed by atoms with E-state index in [9.17, 15) is 4.79 Å². The van der Waals surface area contributed by atoms with Crippen molar-refractivity contribution in [2.24, 2.45) is 0 Å². The summed E-state index contributed by atoms with van der Waals surface area (Å²) in [4.78, 5) is 15.2. The van der Waals surface area contributed by atoms with Crippen LogP contribution in [0.25, 0.3) is 10.9 Å². The smallest absolute Gasteiger partial charge is 0.255 e. The number of amides is 1. The number of terminal acetylenes is 1. The molecule has 0 saturated heterocycles. The minimum absolute atomic E-state index is 0.0518. The number of rotatable bonds is 3. The van der Waals surface area contributed by atoms with Crippen molar-refractivity contribution in [2.45, 2.75) is 19.5 Å². The Kier molecular flexibility index (Phi) is 4.65. The number of aromatic nitrogens is 2. The van der Waals surface area contributed by atoms with E-state index >= 15 is 0 Å². The van der Waals surface area contributed by atoms with Crippen molar-refractivity contribution >= 4 is 32.7 Å². The molecule has 0 radical (unpaired) electrons. The van der Waals surface area contributed by atoms with Crippen LogP contribution in [0, 0.1) is 12.3 Å². The van der Waals surface area contributed by atoms with E-state index in [0.717, 1.165) is 26.6 Å². The zero-order chi connectivity index (χ0) is 20.7. The zero-order valence-electron chi connectivity index (χ0n) is 16.2. The number of fused-ring (bicyclic) bond motifs is 2. The number of halogens is 1. The molecule has 30 heavy (non-hydrogen) atoms. The van der Waals surface area contributed by atoms with Gasteiger partial charge in [0.05, 0.1) is 11.1 Å². The highest BCUT2D eigenvalue weighted by atomic mass is 79.9. The van der Waals surface area contributed by atoms with Gasteiger partial charge >= 0.3 is 0 Å². The normalized spacial score (nSPS) is 12.7. The summed E-state index contributed by atoms with van der Waals surface area (Å²) in [5.74, 6) is 2.62. The van der Waals surface area contributed by atoms with Crippen LogP contribution in [0.4, 0.5) is 0 Å². The number of aromatic amines is 1. The van der Waals surface area contributed by atoms with Gasteiger partial charge in [-0.05, 0) is 41.0 Å². The summed E-state index contributed by atoms with van der Waals surface area (Å²) in [6.07, 6.45) is 6.46. The van der Waals surface area contributed by atoms with E-state index < -0.39 is 0 Å². The fourth-order valence-corrected chi connectivity index (χ4v) is 4.43. The molecule has 1 N–H and O–H groups in total. The third kappa shape index (κ3) is 3.30. The highest BCUT2D eigenvalue weighted by Gasteiger charge is 2.26. The van der Waals surface area contributed by atoms with Gasteiger partial charge in [0.2, 0.25) is 0 Å². The largest absolute Gasteiger partial charge is 0.330 e. The summed E-state index contributed by atoms with van der Waals surface area (Å²) in [5, 5.41) is 8.46. The molecule has 4 aromatic rings. The maximum Gasteiger partial charge on any atom is 0.255 e. The van der Waals surface area contributed by atoms with Gasteiger partial charge in [-0.3, -0.25) is 9.89 Å². The Hall–Kier alpha value is -3.36. The van der Waals surface area contributed by atoms with E-state index in [-0.39, 0.29) is 5.91 Å². The molecule has 0 spiro atoms. The highest BCUT2D eigenvalue weighted by molar-refractivity contribution is 9.10. The molecule has 1 aliphatic rings. The molecule has 0 atom stereocenters. The summed E-state index contributed by atoms with van der Waals surface area (Å²) >= 11 is 3.51. The lowest BCUT2D eigenvalue weighted by Gasteiger charge is -2.17. The number of hydrogen-bond acceptors (Lipinski definition) is 2. The van der Waals surface area contributed by atoms with Crippen molar-refractivity contribution in [1.29, 1.82) is 0 Å². The van der Waals surface area contributed by atoms with Crippen LogP contribution in [0.1, 0.15) is 38.3 Å². The van der Waals surface area contributed by atoms with E-state index in [1.165, 1.54) is 11.1 Å². The average Bonchev–Trinajstić information content (AvgIpc) is 3.36. The Labute approximate surface area is 183 Å². The minimum atomic E-state index is -0.0518. The third-order valence-corrected chi connectivity index (χ3v) is 6.05. The average molecular weight is 456 g/mol. The van der Waals surface area contributed by atoms with Gasteiger partial charge in [0, 0.05) is 40.6 Å². The predicted octanol–water partition coefficient (Wildman–Crippen LogP) is 5.05. The van der Waals surface area contributed by atoms with Crippen LogP contribution in [0.2, 0.25) is 0 Å². The summed E-state index contributed by atoms with van der Waals surface area (Å²) < 4.78 is 1.02. The first-order chi connectivity index (χ1) is 14.6. The van der Waals surface area contributed by atoms with Gasteiger partial charge in [0.25, 0.3) is 5.91 Å². The van der Waals surface area contributed by atoms with E-state index in [1.54, 1.807) is 0 Å². The Morgan fingerprint density at radius 1 is 1.10 bits per heavy atom. The molecule has 5 heteroatoms. The zero-order valence-corrected chi connectivity index (χ0v) is 17.7. The second-order valence-corrected chi connectivity index (χ2v) is 8.41. The van der Waals surface area contributed by atoms with Gasteiger partial charge < -0.3 is 4.90 Å². The van der Waals surface area contributed by atoms with Crippen molar-refractivity contribution in [3.63, 3.8) is 0 Å². The van der Waals surface area contributed by atoms with Crippen molar-refractivity contribution in [2.75, 3.05) is 0 Å². The van der Waals surface area contributed by atoms with Crippen LogP contribution in [-0.4, -0.2) is 21.0 Å². The molecule has 4 nitrogen and oxygen atoms in total. The molecule has 1 aliphatic heterocycles. The molecule has 0 saturated carbocycles. The van der Waals surface area contributed by atoms with Crippen molar-refractivity contribution in [1.82, 2.24) is 15.1 Å². The molecule has 0 fully saturated rings. The maximum atomic E-state index is 13.4. The number of carbonyl (C=O) groups is 1. The lowest BCUT2D eigenvalue weighted by molar-refractivity contribution is 0.0751. The van der Waals surface area contributed by atoms with Gasteiger partial charge in [0.1, 0.15) is 0 Å². The fraction of sp³-hybridized carbons (Fsp3) is 0.120. The molecule has 2 heterocycles. The number of hydrogen-bond donors (Lipinski definition) is 1. The van der Waals surface area contributed by atoms with Crippen LogP contribution < -0.4 is 0 Å². The van der Waals surface area contributed by atoms with Crippen LogP contribution >= 0.6 is 15.9 Å². The molecule has 5 rings (SSSR count). The predicted molar refractivity (Wildman–Crippen MR) is 121 cm³/mol. The standard InChI is InChI=1S/C25H18BrN3O/c1-2-17-12-24-22(23(27-28-24)10-16-6-4-3-5-7-16)13-21(17)25(30)29-14-18-8-9-20(26)11-19(18)15-29/h1,3-9,11-13H,10,14-15H2,(H,27,28). The molecule has 1 amide bonds. The summed E-state index contributed by atoms with van der Waals surface area (Å²) in [6.45, 7) is 1.17. The molecule has 146 valence electrons. The quantitative estimate of drug-likeness (QED) is 0.439. The molecule has 1 aromatic heterocycles. The highest BCUT2D eigenvalue weighted by Crippen LogP contribution is 2.29. The first kappa shape index (κ1) is 18.7. The summed E-state index contributed by atoms with van der Waals surface area (Å²) in [6, 6.07) is 20.0.